The molecular weight excluding hydrogens is 269 g/mol. The van der Waals surface area contributed by atoms with Gasteiger partial charge >= 0.3 is 0 Å². The topological polar surface area (TPSA) is 68.0 Å². The van der Waals surface area contributed by atoms with E-state index in [1.54, 1.807) is 13.0 Å². The molecule has 0 unspecified atom stereocenters. The molecule has 1 heterocycles. The van der Waals surface area contributed by atoms with E-state index in [9.17, 15) is 9.18 Å². The molecular formula is C13H11ClFN3O. The number of aromatic nitrogens is 1. The standard InChI is InChI=1S/C13H11ClFN3O/c1-7-4-8(16)5-10(12(7)15)13(19)18-9-2-3-11(14)17-6-9/h2-6H,16H2,1H3,(H,18,19). The summed E-state index contributed by atoms with van der Waals surface area (Å²) in [5.74, 6) is -1.18. The monoisotopic (exact) mass is 279 g/mol. The van der Waals surface area contributed by atoms with Crippen molar-refractivity contribution in [2.24, 2.45) is 0 Å². The second-order valence-corrected chi connectivity index (χ2v) is 4.41. The minimum atomic E-state index is -0.589. The minimum Gasteiger partial charge on any atom is -0.399 e. The molecule has 0 saturated carbocycles. The van der Waals surface area contributed by atoms with Crippen LogP contribution < -0.4 is 11.1 Å². The summed E-state index contributed by atoms with van der Waals surface area (Å²) in [5, 5.41) is 2.83. The number of rotatable bonds is 2. The van der Waals surface area contributed by atoms with Crippen LogP contribution in [0.2, 0.25) is 5.15 Å². The smallest absolute Gasteiger partial charge is 0.258 e. The number of nitrogens with one attached hydrogen (secondary N) is 1. The molecule has 2 aromatic rings. The lowest BCUT2D eigenvalue weighted by Crippen LogP contribution is -2.15. The highest BCUT2D eigenvalue weighted by atomic mass is 35.5. The van der Waals surface area contributed by atoms with Crippen molar-refractivity contribution < 1.29 is 9.18 Å². The molecule has 0 fully saturated rings. The zero-order valence-electron chi connectivity index (χ0n) is 10.1. The Bertz CT molecular complexity index is 629. The van der Waals surface area contributed by atoms with Crippen molar-refractivity contribution in [3.8, 4) is 0 Å². The molecule has 98 valence electrons. The van der Waals surface area contributed by atoms with Gasteiger partial charge in [-0.2, -0.15) is 0 Å². The lowest BCUT2D eigenvalue weighted by molar-refractivity contribution is 0.102. The van der Waals surface area contributed by atoms with Crippen molar-refractivity contribution in [1.82, 2.24) is 4.98 Å². The second-order valence-electron chi connectivity index (χ2n) is 4.02. The normalized spacial score (nSPS) is 10.3. The number of carbonyl (C=O) groups is 1. The average Bonchev–Trinajstić information content (AvgIpc) is 2.36. The van der Waals surface area contributed by atoms with Gasteiger partial charge in [0.2, 0.25) is 0 Å². The van der Waals surface area contributed by atoms with Crippen LogP contribution >= 0.6 is 11.6 Å². The van der Waals surface area contributed by atoms with Crippen LogP contribution in [0.15, 0.2) is 30.5 Å². The molecule has 3 N–H and O–H groups in total. The molecule has 19 heavy (non-hydrogen) atoms. The average molecular weight is 280 g/mol. The number of carbonyl (C=O) groups excluding carboxylic acids is 1. The number of amides is 1. The zero-order chi connectivity index (χ0) is 14.0. The van der Waals surface area contributed by atoms with Crippen molar-refractivity contribution in [2.45, 2.75) is 6.92 Å². The van der Waals surface area contributed by atoms with E-state index in [1.807, 2.05) is 0 Å². The third-order valence-corrected chi connectivity index (χ3v) is 2.73. The Morgan fingerprint density at radius 1 is 1.42 bits per heavy atom. The second kappa shape index (κ2) is 5.24. The Labute approximate surface area is 114 Å². The third kappa shape index (κ3) is 3.00. The number of pyridine rings is 1. The Hall–Kier alpha value is -2.14. The Morgan fingerprint density at radius 2 is 2.16 bits per heavy atom. The number of nitrogen functional groups attached to an aromatic ring is 1. The predicted octanol–water partition coefficient (Wildman–Crippen LogP) is 3.02. The van der Waals surface area contributed by atoms with E-state index in [0.29, 0.717) is 22.1 Å². The summed E-state index contributed by atoms with van der Waals surface area (Å²) in [6.07, 6.45) is 1.39. The van der Waals surface area contributed by atoms with Crippen LogP contribution in [0.4, 0.5) is 15.8 Å². The number of halogens is 2. The SMILES string of the molecule is Cc1cc(N)cc(C(=O)Nc2ccc(Cl)nc2)c1F. The van der Waals surface area contributed by atoms with Gasteiger partial charge < -0.3 is 11.1 Å². The molecule has 1 amide bonds. The Morgan fingerprint density at radius 3 is 2.79 bits per heavy atom. The van der Waals surface area contributed by atoms with Crippen molar-refractivity contribution in [1.29, 1.82) is 0 Å². The van der Waals surface area contributed by atoms with Crippen molar-refractivity contribution in [3.63, 3.8) is 0 Å². The summed E-state index contributed by atoms with van der Waals surface area (Å²) in [5.41, 5.74) is 6.57. The highest BCUT2D eigenvalue weighted by Gasteiger charge is 2.15. The minimum absolute atomic E-state index is 0.104. The van der Waals surface area contributed by atoms with E-state index in [-0.39, 0.29) is 5.56 Å². The zero-order valence-corrected chi connectivity index (χ0v) is 10.8. The first-order chi connectivity index (χ1) is 8.97. The molecule has 0 aliphatic rings. The Balaban J connectivity index is 2.27. The molecule has 4 nitrogen and oxygen atoms in total. The van der Waals surface area contributed by atoms with Gasteiger partial charge in [0.1, 0.15) is 11.0 Å². The van der Waals surface area contributed by atoms with Crippen LogP contribution in [0.3, 0.4) is 0 Å². The lowest BCUT2D eigenvalue weighted by atomic mass is 10.1. The molecule has 0 radical (unpaired) electrons. The summed E-state index contributed by atoms with van der Waals surface area (Å²) in [7, 11) is 0. The Kier molecular flexibility index (Phi) is 3.66. The fourth-order valence-corrected chi connectivity index (χ4v) is 1.72. The van der Waals surface area contributed by atoms with Crippen molar-refractivity contribution in [2.75, 3.05) is 11.1 Å². The number of benzene rings is 1. The van der Waals surface area contributed by atoms with Gasteiger partial charge in [-0.05, 0) is 36.8 Å². The molecule has 0 saturated heterocycles. The molecule has 0 spiro atoms. The number of hydrogen-bond acceptors (Lipinski definition) is 3. The van der Waals surface area contributed by atoms with Crippen LogP contribution in [0, 0.1) is 12.7 Å². The third-order valence-electron chi connectivity index (χ3n) is 2.51. The molecule has 0 atom stereocenters. The predicted molar refractivity (Wildman–Crippen MR) is 72.7 cm³/mol. The molecule has 0 bridgehead atoms. The summed E-state index contributed by atoms with van der Waals surface area (Å²) < 4.78 is 13.8. The maximum atomic E-state index is 13.8. The fraction of sp³-hybridized carbons (Fsp3) is 0.0769. The molecule has 2 rings (SSSR count). The van der Waals surface area contributed by atoms with E-state index in [2.05, 4.69) is 10.3 Å². The highest BCUT2D eigenvalue weighted by Crippen LogP contribution is 2.19. The van der Waals surface area contributed by atoms with E-state index in [1.165, 1.54) is 24.4 Å². The van der Waals surface area contributed by atoms with Gasteiger partial charge in [-0.25, -0.2) is 9.37 Å². The first kappa shape index (κ1) is 13.3. The molecule has 0 aliphatic heterocycles. The van der Waals surface area contributed by atoms with E-state index >= 15 is 0 Å². The summed E-state index contributed by atoms with van der Waals surface area (Å²) in [6, 6.07) is 5.86. The number of aryl methyl sites for hydroxylation is 1. The van der Waals surface area contributed by atoms with Gasteiger partial charge in [-0.15, -0.1) is 0 Å². The lowest BCUT2D eigenvalue weighted by Gasteiger charge is -2.08. The number of nitrogens with two attached hydrogens (primary N) is 1. The van der Waals surface area contributed by atoms with Gasteiger partial charge in [-0.3, -0.25) is 4.79 Å². The molecule has 1 aromatic carbocycles. The first-order valence-corrected chi connectivity index (χ1v) is 5.83. The maximum absolute atomic E-state index is 13.8. The molecule has 0 aliphatic carbocycles. The van der Waals surface area contributed by atoms with E-state index in [0.717, 1.165) is 0 Å². The summed E-state index contributed by atoms with van der Waals surface area (Å²) in [4.78, 5) is 15.8. The quantitative estimate of drug-likeness (QED) is 0.656. The van der Waals surface area contributed by atoms with Crippen LogP contribution in [-0.4, -0.2) is 10.9 Å². The molecule has 1 aromatic heterocycles. The number of nitrogens with zero attached hydrogens (tertiary/aromatic N) is 1. The van der Waals surface area contributed by atoms with Gasteiger partial charge in [0.25, 0.3) is 5.91 Å². The first-order valence-electron chi connectivity index (χ1n) is 5.46. The van der Waals surface area contributed by atoms with Crippen molar-refractivity contribution in [3.05, 3.63) is 52.6 Å². The van der Waals surface area contributed by atoms with E-state index in [4.69, 9.17) is 17.3 Å². The van der Waals surface area contributed by atoms with Crippen LogP contribution in [0.5, 0.6) is 0 Å². The maximum Gasteiger partial charge on any atom is 0.258 e. The van der Waals surface area contributed by atoms with Crippen LogP contribution in [-0.2, 0) is 0 Å². The molecule has 6 heteroatoms. The van der Waals surface area contributed by atoms with Gasteiger partial charge in [-0.1, -0.05) is 11.6 Å². The summed E-state index contributed by atoms with van der Waals surface area (Å²) >= 11 is 5.63. The number of hydrogen-bond donors (Lipinski definition) is 2. The van der Waals surface area contributed by atoms with Crippen LogP contribution in [0.1, 0.15) is 15.9 Å². The summed E-state index contributed by atoms with van der Waals surface area (Å²) in [6.45, 7) is 1.55. The van der Waals surface area contributed by atoms with Gasteiger partial charge in [0, 0.05) is 5.69 Å². The van der Waals surface area contributed by atoms with E-state index < -0.39 is 11.7 Å². The highest BCUT2D eigenvalue weighted by molar-refractivity contribution is 6.29. The van der Waals surface area contributed by atoms with Crippen molar-refractivity contribution >= 4 is 28.9 Å². The fourth-order valence-electron chi connectivity index (χ4n) is 1.61. The van der Waals surface area contributed by atoms with Gasteiger partial charge in [0.15, 0.2) is 0 Å². The van der Waals surface area contributed by atoms with Gasteiger partial charge in [0.05, 0.1) is 17.4 Å². The largest absolute Gasteiger partial charge is 0.399 e. The number of anilines is 2. The van der Waals surface area contributed by atoms with Crippen LogP contribution in [0.25, 0.3) is 0 Å².